The molecule has 0 aliphatic carbocycles. The van der Waals surface area contributed by atoms with E-state index in [2.05, 4.69) is 0 Å². The van der Waals surface area contributed by atoms with E-state index in [0.717, 1.165) is 5.56 Å². The van der Waals surface area contributed by atoms with Gasteiger partial charge in [-0.1, -0.05) is 29.8 Å². The van der Waals surface area contributed by atoms with Gasteiger partial charge < -0.3 is 10.6 Å². The number of nitrogens with zero attached hydrogens (tertiary/aromatic N) is 1. The third-order valence-electron chi connectivity index (χ3n) is 3.48. The molecule has 0 saturated carbocycles. The van der Waals surface area contributed by atoms with E-state index in [1.807, 2.05) is 25.1 Å². The number of benzene rings is 2. The van der Waals surface area contributed by atoms with Gasteiger partial charge in [-0.25, -0.2) is 4.39 Å². The van der Waals surface area contributed by atoms with Gasteiger partial charge in [0.1, 0.15) is 5.82 Å². The molecule has 0 heterocycles. The van der Waals surface area contributed by atoms with Crippen LogP contribution in [0.4, 0.5) is 10.1 Å². The predicted molar refractivity (Wildman–Crippen MR) is 82.8 cm³/mol. The highest BCUT2D eigenvalue weighted by Gasteiger charge is 2.22. The number of hydrogen-bond acceptors (Lipinski definition) is 2. The number of anilines is 1. The first kappa shape index (κ1) is 15.3. The quantitative estimate of drug-likeness (QED) is 0.874. The van der Waals surface area contributed by atoms with Crippen LogP contribution in [0.2, 0.25) is 5.02 Å². The molecule has 2 rings (SSSR count). The Bertz CT molecular complexity index is 675. The zero-order valence-corrected chi connectivity index (χ0v) is 12.6. The first-order chi connectivity index (χ1) is 9.91. The van der Waals surface area contributed by atoms with Gasteiger partial charge in [0.25, 0.3) is 5.91 Å². The van der Waals surface area contributed by atoms with E-state index in [1.165, 1.54) is 23.1 Å². The minimum atomic E-state index is -0.590. The van der Waals surface area contributed by atoms with Gasteiger partial charge in [0, 0.05) is 17.8 Å². The summed E-state index contributed by atoms with van der Waals surface area (Å²) in [4.78, 5) is 13.9. The van der Waals surface area contributed by atoms with Crippen molar-refractivity contribution in [3.63, 3.8) is 0 Å². The molecule has 5 heteroatoms. The Kier molecular flexibility index (Phi) is 4.48. The van der Waals surface area contributed by atoms with Crippen LogP contribution < -0.4 is 5.73 Å². The molecule has 0 fully saturated rings. The average molecular weight is 307 g/mol. The van der Waals surface area contributed by atoms with Crippen molar-refractivity contribution >= 4 is 23.2 Å². The SMILES string of the molecule is CC(c1ccccc1Cl)N(C)C(=O)c1cc(N)ccc1F. The van der Waals surface area contributed by atoms with Crippen LogP contribution in [0.1, 0.15) is 28.9 Å². The molecule has 1 amide bonds. The Labute approximate surface area is 128 Å². The Morgan fingerprint density at radius 2 is 1.95 bits per heavy atom. The van der Waals surface area contributed by atoms with Crippen LogP contribution in [-0.4, -0.2) is 17.9 Å². The maximum absolute atomic E-state index is 13.8. The molecular weight excluding hydrogens is 291 g/mol. The maximum Gasteiger partial charge on any atom is 0.257 e. The summed E-state index contributed by atoms with van der Waals surface area (Å²) in [6.45, 7) is 1.84. The van der Waals surface area contributed by atoms with Crippen LogP contribution in [0, 0.1) is 5.82 Å². The first-order valence-corrected chi connectivity index (χ1v) is 6.86. The summed E-state index contributed by atoms with van der Waals surface area (Å²) in [5.41, 5.74) is 6.72. The molecule has 0 bridgehead atoms. The molecule has 0 aliphatic heterocycles. The highest BCUT2D eigenvalue weighted by atomic mass is 35.5. The predicted octanol–water partition coefficient (Wildman–Crippen LogP) is 3.89. The van der Waals surface area contributed by atoms with Crippen molar-refractivity contribution in [1.82, 2.24) is 4.90 Å². The summed E-state index contributed by atoms with van der Waals surface area (Å²) >= 11 is 6.14. The van der Waals surface area contributed by atoms with Crippen molar-refractivity contribution in [3.05, 3.63) is 64.4 Å². The number of nitrogens with two attached hydrogens (primary N) is 1. The number of carbonyl (C=O) groups is 1. The Balaban J connectivity index is 2.31. The van der Waals surface area contributed by atoms with Gasteiger partial charge >= 0.3 is 0 Å². The lowest BCUT2D eigenvalue weighted by Gasteiger charge is -2.26. The van der Waals surface area contributed by atoms with Gasteiger partial charge in [0.2, 0.25) is 0 Å². The Hall–Kier alpha value is -2.07. The van der Waals surface area contributed by atoms with Gasteiger partial charge in [0.15, 0.2) is 0 Å². The van der Waals surface area contributed by atoms with E-state index < -0.39 is 11.7 Å². The monoisotopic (exact) mass is 306 g/mol. The normalized spacial score (nSPS) is 12.0. The van der Waals surface area contributed by atoms with Gasteiger partial charge in [0.05, 0.1) is 11.6 Å². The van der Waals surface area contributed by atoms with Crippen LogP contribution in [0.15, 0.2) is 42.5 Å². The van der Waals surface area contributed by atoms with E-state index in [4.69, 9.17) is 17.3 Å². The average Bonchev–Trinajstić information content (AvgIpc) is 2.48. The van der Waals surface area contributed by atoms with E-state index >= 15 is 0 Å². The summed E-state index contributed by atoms with van der Waals surface area (Å²) in [6, 6.07) is 10.9. The second-order valence-electron chi connectivity index (χ2n) is 4.85. The van der Waals surface area contributed by atoms with Crippen molar-refractivity contribution in [2.45, 2.75) is 13.0 Å². The second kappa shape index (κ2) is 6.14. The summed E-state index contributed by atoms with van der Waals surface area (Å²) < 4.78 is 13.8. The molecule has 1 atom stereocenters. The first-order valence-electron chi connectivity index (χ1n) is 6.48. The third-order valence-corrected chi connectivity index (χ3v) is 3.82. The number of carbonyl (C=O) groups excluding carboxylic acids is 1. The van der Waals surface area contributed by atoms with Gasteiger partial charge in [-0.15, -0.1) is 0 Å². The molecule has 0 radical (unpaired) electrons. The molecular formula is C16H16ClFN2O. The van der Waals surface area contributed by atoms with Crippen molar-refractivity contribution in [3.8, 4) is 0 Å². The van der Waals surface area contributed by atoms with Crippen LogP contribution in [0.5, 0.6) is 0 Å². The maximum atomic E-state index is 13.8. The van der Waals surface area contributed by atoms with Gasteiger partial charge in [-0.3, -0.25) is 4.79 Å². The van der Waals surface area contributed by atoms with Crippen LogP contribution in [0.25, 0.3) is 0 Å². The molecule has 0 aromatic heterocycles. The molecule has 2 N–H and O–H groups in total. The fourth-order valence-corrected chi connectivity index (χ4v) is 2.39. The molecule has 0 saturated heterocycles. The molecule has 0 aliphatic rings. The lowest BCUT2D eigenvalue weighted by atomic mass is 10.1. The molecule has 21 heavy (non-hydrogen) atoms. The fourth-order valence-electron chi connectivity index (χ4n) is 2.10. The summed E-state index contributed by atoms with van der Waals surface area (Å²) in [5.74, 6) is -1.03. The molecule has 2 aromatic rings. The molecule has 0 spiro atoms. The highest BCUT2D eigenvalue weighted by molar-refractivity contribution is 6.31. The fraction of sp³-hybridized carbons (Fsp3) is 0.188. The van der Waals surface area contributed by atoms with Crippen LogP contribution >= 0.6 is 11.6 Å². The zero-order chi connectivity index (χ0) is 15.6. The molecule has 1 unspecified atom stereocenters. The van der Waals surface area contributed by atoms with Gasteiger partial charge in [-0.2, -0.15) is 0 Å². The van der Waals surface area contributed by atoms with Gasteiger partial charge in [-0.05, 0) is 36.8 Å². The van der Waals surface area contributed by atoms with Crippen LogP contribution in [-0.2, 0) is 0 Å². The number of rotatable bonds is 3. The van der Waals surface area contributed by atoms with E-state index in [1.54, 1.807) is 13.1 Å². The minimum Gasteiger partial charge on any atom is -0.399 e. The lowest BCUT2D eigenvalue weighted by molar-refractivity contribution is 0.0738. The minimum absolute atomic E-state index is 0.0450. The zero-order valence-electron chi connectivity index (χ0n) is 11.8. The third kappa shape index (κ3) is 3.16. The molecule has 2 aromatic carbocycles. The summed E-state index contributed by atoms with van der Waals surface area (Å²) in [6.07, 6.45) is 0. The molecule has 110 valence electrons. The number of halogens is 2. The van der Waals surface area contributed by atoms with Crippen molar-refractivity contribution in [2.75, 3.05) is 12.8 Å². The number of nitrogen functional groups attached to an aromatic ring is 1. The van der Waals surface area contributed by atoms with E-state index in [-0.39, 0.29) is 11.6 Å². The Morgan fingerprint density at radius 3 is 2.62 bits per heavy atom. The second-order valence-corrected chi connectivity index (χ2v) is 5.26. The smallest absolute Gasteiger partial charge is 0.257 e. The largest absolute Gasteiger partial charge is 0.399 e. The van der Waals surface area contributed by atoms with Crippen molar-refractivity contribution in [1.29, 1.82) is 0 Å². The standard InChI is InChI=1S/C16H16ClFN2O/c1-10(12-5-3-4-6-14(12)17)20(2)16(21)13-9-11(19)7-8-15(13)18/h3-10H,19H2,1-2H3. The van der Waals surface area contributed by atoms with Crippen molar-refractivity contribution in [2.24, 2.45) is 0 Å². The summed E-state index contributed by atoms with van der Waals surface area (Å²) in [7, 11) is 1.61. The van der Waals surface area contributed by atoms with Crippen LogP contribution in [0.3, 0.4) is 0 Å². The highest BCUT2D eigenvalue weighted by Crippen LogP contribution is 2.27. The van der Waals surface area contributed by atoms with Crippen molar-refractivity contribution < 1.29 is 9.18 Å². The number of amides is 1. The molecule has 3 nitrogen and oxygen atoms in total. The van der Waals surface area contributed by atoms with E-state index in [0.29, 0.717) is 10.7 Å². The lowest BCUT2D eigenvalue weighted by Crippen LogP contribution is -2.30. The number of hydrogen-bond donors (Lipinski definition) is 1. The Morgan fingerprint density at radius 1 is 1.29 bits per heavy atom. The topological polar surface area (TPSA) is 46.3 Å². The summed E-state index contributed by atoms with van der Waals surface area (Å²) in [5, 5.41) is 0.567. The van der Waals surface area contributed by atoms with E-state index in [9.17, 15) is 9.18 Å².